The molecule has 0 saturated carbocycles. The molecule has 0 bridgehead atoms. The average molecular weight is 275 g/mol. The highest BCUT2D eigenvalue weighted by molar-refractivity contribution is 5.99. The number of likely N-dealkylation sites (tertiary alicyclic amines) is 1. The van der Waals surface area contributed by atoms with Crippen LogP contribution in [-0.4, -0.2) is 37.4 Å². The summed E-state index contributed by atoms with van der Waals surface area (Å²) in [6.07, 6.45) is 5.03. The van der Waals surface area contributed by atoms with Crippen LogP contribution in [0.4, 0.5) is 0 Å². The molecule has 1 heterocycles. The number of carbonyl (C=O) groups excluding carboxylic acids is 1. The van der Waals surface area contributed by atoms with E-state index in [1.807, 2.05) is 26.0 Å². The van der Waals surface area contributed by atoms with Gasteiger partial charge in [-0.1, -0.05) is 12.8 Å². The molecule has 1 saturated heterocycles. The van der Waals surface area contributed by atoms with E-state index in [9.17, 15) is 4.79 Å². The number of ether oxygens (including phenoxy) is 1. The Morgan fingerprint density at radius 1 is 1.10 bits per heavy atom. The van der Waals surface area contributed by atoms with Gasteiger partial charge in [0.1, 0.15) is 5.75 Å². The van der Waals surface area contributed by atoms with Gasteiger partial charge in [0.05, 0.1) is 13.7 Å². The second kappa shape index (κ2) is 6.89. The van der Waals surface area contributed by atoms with Gasteiger partial charge < -0.3 is 4.74 Å². The van der Waals surface area contributed by atoms with Crippen LogP contribution >= 0.6 is 0 Å². The van der Waals surface area contributed by atoms with Crippen molar-refractivity contribution in [3.63, 3.8) is 0 Å². The standard InChI is InChI=1S/C17H25NO2/c1-13-11-17(20-3)14(2)10-15(13)16(19)12-18-8-6-4-5-7-9-18/h10-11H,4-9,12H2,1-3H3. The van der Waals surface area contributed by atoms with E-state index in [4.69, 9.17) is 4.74 Å². The van der Waals surface area contributed by atoms with Gasteiger partial charge in [0.25, 0.3) is 0 Å². The van der Waals surface area contributed by atoms with Crippen molar-refractivity contribution in [2.24, 2.45) is 0 Å². The van der Waals surface area contributed by atoms with Crippen molar-refractivity contribution in [3.05, 3.63) is 28.8 Å². The van der Waals surface area contributed by atoms with Crippen molar-refractivity contribution in [1.82, 2.24) is 4.90 Å². The smallest absolute Gasteiger partial charge is 0.177 e. The predicted molar refractivity (Wildman–Crippen MR) is 81.7 cm³/mol. The van der Waals surface area contributed by atoms with Gasteiger partial charge in [-0.15, -0.1) is 0 Å². The molecule has 0 radical (unpaired) electrons. The molecule has 110 valence electrons. The van der Waals surface area contributed by atoms with E-state index in [-0.39, 0.29) is 5.78 Å². The number of hydrogen-bond acceptors (Lipinski definition) is 3. The summed E-state index contributed by atoms with van der Waals surface area (Å²) in [5.74, 6) is 1.09. The molecule has 0 unspecified atom stereocenters. The third kappa shape index (κ3) is 3.60. The molecule has 1 fully saturated rings. The first-order valence-corrected chi connectivity index (χ1v) is 7.52. The SMILES string of the molecule is COc1cc(C)c(C(=O)CN2CCCCCC2)cc1C. The summed E-state index contributed by atoms with van der Waals surface area (Å²) in [4.78, 5) is 14.8. The van der Waals surface area contributed by atoms with E-state index >= 15 is 0 Å². The number of nitrogens with zero attached hydrogens (tertiary/aromatic N) is 1. The summed E-state index contributed by atoms with van der Waals surface area (Å²) in [6, 6.07) is 3.93. The Hall–Kier alpha value is -1.35. The summed E-state index contributed by atoms with van der Waals surface area (Å²) in [6.45, 7) is 6.63. The van der Waals surface area contributed by atoms with E-state index in [0.717, 1.165) is 35.5 Å². The number of rotatable bonds is 4. The van der Waals surface area contributed by atoms with E-state index in [2.05, 4.69) is 4.90 Å². The van der Waals surface area contributed by atoms with E-state index in [1.54, 1.807) is 7.11 Å². The van der Waals surface area contributed by atoms with Crippen LogP contribution in [0.5, 0.6) is 5.75 Å². The van der Waals surface area contributed by atoms with E-state index in [1.165, 1.54) is 25.7 Å². The molecule has 1 aliphatic heterocycles. The molecule has 2 rings (SSSR count). The van der Waals surface area contributed by atoms with Crippen molar-refractivity contribution < 1.29 is 9.53 Å². The molecule has 1 aromatic carbocycles. The Kier molecular flexibility index (Phi) is 5.18. The Morgan fingerprint density at radius 3 is 2.35 bits per heavy atom. The van der Waals surface area contributed by atoms with Gasteiger partial charge in [-0.3, -0.25) is 9.69 Å². The number of Topliss-reactive ketones (excluding diaryl/α,β-unsaturated/α-hetero) is 1. The number of hydrogen-bond donors (Lipinski definition) is 0. The maximum absolute atomic E-state index is 12.5. The third-order valence-electron chi connectivity index (χ3n) is 4.11. The molecule has 1 aliphatic rings. The summed E-state index contributed by atoms with van der Waals surface area (Å²) >= 11 is 0. The first kappa shape index (κ1) is 15.0. The minimum Gasteiger partial charge on any atom is -0.496 e. The average Bonchev–Trinajstić information content (AvgIpc) is 2.69. The van der Waals surface area contributed by atoms with Crippen LogP contribution in [0.25, 0.3) is 0 Å². The first-order valence-electron chi connectivity index (χ1n) is 7.52. The van der Waals surface area contributed by atoms with Gasteiger partial charge in [-0.25, -0.2) is 0 Å². The molecule has 0 aliphatic carbocycles. The van der Waals surface area contributed by atoms with Gasteiger partial charge in [-0.2, -0.15) is 0 Å². The zero-order valence-electron chi connectivity index (χ0n) is 12.9. The zero-order valence-corrected chi connectivity index (χ0v) is 12.9. The zero-order chi connectivity index (χ0) is 14.5. The van der Waals surface area contributed by atoms with Gasteiger partial charge >= 0.3 is 0 Å². The van der Waals surface area contributed by atoms with Gasteiger partial charge in [0.2, 0.25) is 0 Å². The van der Waals surface area contributed by atoms with Gasteiger partial charge in [0, 0.05) is 5.56 Å². The number of benzene rings is 1. The molecule has 1 aromatic rings. The number of methoxy groups -OCH3 is 1. The summed E-state index contributed by atoms with van der Waals surface area (Å²) < 4.78 is 5.31. The number of aryl methyl sites for hydroxylation is 2. The Morgan fingerprint density at radius 2 is 1.75 bits per heavy atom. The molecule has 3 nitrogen and oxygen atoms in total. The molecule has 3 heteroatoms. The summed E-state index contributed by atoms with van der Waals surface area (Å²) in [5.41, 5.74) is 2.87. The molecular weight excluding hydrogens is 250 g/mol. The lowest BCUT2D eigenvalue weighted by molar-refractivity contribution is 0.0932. The van der Waals surface area contributed by atoms with Crippen LogP contribution in [0.2, 0.25) is 0 Å². The van der Waals surface area contributed by atoms with Crippen LogP contribution in [0.1, 0.15) is 47.2 Å². The molecule has 0 amide bonds. The summed E-state index contributed by atoms with van der Waals surface area (Å²) in [5, 5.41) is 0. The normalized spacial score (nSPS) is 16.8. The van der Waals surface area contributed by atoms with Crippen LogP contribution in [-0.2, 0) is 0 Å². The van der Waals surface area contributed by atoms with Crippen molar-refractivity contribution >= 4 is 5.78 Å². The lowest BCUT2D eigenvalue weighted by Crippen LogP contribution is -2.31. The van der Waals surface area contributed by atoms with Gasteiger partial charge in [0.15, 0.2) is 5.78 Å². The fourth-order valence-electron chi connectivity index (χ4n) is 2.89. The second-order valence-electron chi connectivity index (χ2n) is 5.75. The Labute approximate surface area is 121 Å². The highest BCUT2D eigenvalue weighted by Crippen LogP contribution is 2.23. The van der Waals surface area contributed by atoms with Crippen LogP contribution in [0.15, 0.2) is 12.1 Å². The van der Waals surface area contributed by atoms with Crippen LogP contribution in [0.3, 0.4) is 0 Å². The van der Waals surface area contributed by atoms with Gasteiger partial charge in [-0.05, 0) is 63.0 Å². The minimum atomic E-state index is 0.232. The maximum atomic E-state index is 12.5. The number of carbonyl (C=O) groups is 1. The highest BCUT2D eigenvalue weighted by atomic mass is 16.5. The monoisotopic (exact) mass is 275 g/mol. The summed E-state index contributed by atoms with van der Waals surface area (Å²) in [7, 11) is 1.67. The van der Waals surface area contributed by atoms with E-state index in [0.29, 0.717) is 6.54 Å². The van der Waals surface area contributed by atoms with Crippen molar-refractivity contribution in [2.45, 2.75) is 39.5 Å². The quantitative estimate of drug-likeness (QED) is 0.789. The topological polar surface area (TPSA) is 29.5 Å². The Bertz CT molecular complexity index is 474. The van der Waals surface area contributed by atoms with E-state index < -0.39 is 0 Å². The van der Waals surface area contributed by atoms with Crippen LogP contribution in [0, 0.1) is 13.8 Å². The maximum Gasteiger partial charge on any atom is 0.177 e. The lowest BCUT2D eigenvalue weighted by Gasteiger charge is -2.19. The molecule has 20 heavy (non-hydrogen) atoms. The molecule has 0 aromatic heterocycles. The minimum absolute atomic E-state index is 0.232. The first-order chi connectivity index (χ1) is 9.61. The Balaban J connectivity index is 2.10. The van der Waals surface area contributed by atoms with Crippen molar-refractivity contribution in [1.29, 1.82) is 0 Å². The van der Waals surface area contributed by atoms with Crippen molar-refractivity contribution in [2.75, 3.05) is 26.7 Å². The largest absolute Gasteiger partial charge is 0.496 e. The highest BCUT2D eigenvalue weighted by Gasteiger charge is 2.17. The molecular formula is C17H25NO2. The van der Waals surface area contributed by atoms with Crippen molar-refractivity contribution in [3.8, 4) is 5.75 Å². The second-order valence-corrected chi connectivity index (χ2v) is 5.75. The lowest BCUT2D eigenvalue weighted by atomic mass is 10.0. The molecule has 0 spiro atoms. The predicted octanol–water partition coefficient (Wildman–Crippen LogP) is 3.37. The fourth-order valence-corrected chi connectivity index (χ4v) is 2.89. The van der Waals surface area contributed by atoms with Crippen LogP contribution < -0.4 is 4.74 Å². The number of ketones is 1. The molecule has 0 N–H and O–H groups in total. The fraction of sp³-hybridized carbons (Fsp3) is 0.588. The molecule has 0 atom stereocenters. The third-order valence-corrected chi connectivity index (χ3v) is 4.11.